The first-order valence-corrected chi connectivity index (χ1v) is 26.3. The predicted molar refractivity (Wildman–Crippen MR) is 241 cm³/mol. The van der Waals surface area contributed by atoms with Crippen LogP contribution in [0.15, 0.2) is 82.3 Å². The van der Waals surface area contributed by atoms with Crippen molar-refractivity contribution in [1.29, 1.82) is 0 Å². The lowest BCUT2D eigenvalue weighted by Crippen LogP contribution is -2.37. The molecule has 19 nitrogen and oxygen atoms in total. The summed E-state index contributed by atoms with van der Waals surface area (Å²) in [4.78, 5) is 39.8. The van der Waals surface area contributed by atoms with Gasteiger partial charge in [-0.2, -0.15) is 29.8 Å². The highest BCUT2D eigenvalue weighted by atomic mass is 32.2. The monoisotopic (exact) mass is 983 g/mol. The molecule has 3 heterocycles. The van der Waals surface area contributed by atoms with Crippen LogP contribution in [0.3, 0.4) is 0 Å². The first kappa shape index (κ1) is 51.7. The van der Waals surface area contributed by atoms with Crippen LogP contribution in [0.2, 0.25) is 0 Å². The molecule has 2 aromatic rings. The largest absolute Gasteiger partial charge is 0.354 e. The van der Waals surface area contributed by atoms with E-state index < -0.39 is 52.7 Å². The van der Waals surface area contributed by atoms with Crippen LogP contribution in [0.4, 0.5) is 11.4 Å². The Hall–Kier alpha value is -4.30. The minimum absolute atomic E-state index is 0.0536. The zero-order chi connectivity index (χ0) is 47.8. The molecular formula is C42H55N4O15S4+. The Labute approximate surface area is 383 Å². The summed E-state index contributed by atoms with van der Waals surface area (Å²) < 4.78 is 106. The van der Waals surface area contributed by atoms with Crippen molar-refractivity contribution in [3.63, 3.8) is 0 Å². The van der Waals surface area contributed by atoms with Crippen LogP contribution in [0.1, 0.15) is 89.7 Å². The number of imide groups is 1. The van der Waals surface area contributed by atoms with Crippen LogP contribution in [0.25, 0.3) is 0 Å². The molecule has 5 N–H and O–H groups in total. The van der Waals surface area contributed by atoms with Gasteiger partial charge < -0.3 is 10.2 Å². The lowest BCUT2D eigenvalue weighted by atomic mass is 9.77. The van der Waals surface area contributed by atoms with E-state index in [2.05, 4.69) is 10.4 Å². The fraction of sp³-hybridized carbons (Fsp3) is 0.476. The molecule has 1 unspecified atom stereocenters. The molecule has 1 fully saturated rings. The average Bonchev–Trinajstić information content (AvgIpc) is 3.74. The van der Waals surface area contributed by atoms with E-state index in [1.54, 1.807) is 30.4 Å². The molecule has 0 bridgehead atoms. The fourth-order valence-electron chi connectivity index (χ4n) is 8.57. The highest BCUT2D eigenvalue weighted by Crippen LogP contribution is 2.52. The Balaban J connectivity index is 1.41. The van der Waals surface area contributed by atoms with E-state index in [-0.39, 0.29) is 80.9 Å². The Morgan fingerprint density at radius 1 is 0.831 bits per heavy atom. The molecule has 1 atom stereocenters. The molecule has 23 heteroatoms. The second-order valence-electron chi connectivity index (χ2n) is 16.6. The van der Waals surface area contributed by atoms with Crippen molar-refractivity contribution in [2.45, 2.75) is 99.2 Å². The fourth-order valence-corrected chi connectivity index (χ4v) is 10.5. The van der Waals surface area contributed by atoms with Crippen LogP contribution in [-0.2, 0) is 64.9 Å². The highest BCUT2D eigenvalue weighted by molar-refractivity contribution is 7.94. The summed E-state index contributed by atoms with van der Waals surface area (Å²) in [6.45, 7) is 6.42. The number of amides is 3. The number of unbranched alkanes of at least 4 members (excludes halogenated alkanes) is 2. The molecule has 0 saturated carbocycles. The molecule has 0 aliphatic carbocycles. The Kier molecular flexibility index (Phi) is 17.1. The molecule has 3 amide bonds. The zero-order valence-corrected chi connectivity index (χ0v) is 39.5. The maximum atomic E-state index is 12.6. The van der Waals surface area contributed by atoms with Crippen molar-refractivity contribution in [3.05, 3.63) is 83.6 Å². The van der Waals surface area contributed by atoms with E-state index in [1.165, 1.54) is 18.2 Å². The summed E-state index contributed by atoms with van der Waals surface area (Å²) in [6, 6.07) is 9.63. The third kappa shape index (κ3) is 13.4. The van der Waals surface area contributed by atoms with Crippen molar-refractivity contribution in [2.75, 3.05) is 42.6 Å². The molecule has 2 aromatic carbocycles. The van der Waals surface area contributed by atoms with Gasteiger partial charge >= 0.3 is 0 Å². The topological polar surface area (TPSA) is 275 Å². The number of rotatable bonds is 24. The van der Waals surface area contributed by atoms with E-state index in [4.69, 9.17) is 9.59 Å². The first-order chi connectivity index (χ1) is 30.5. The van der Waals surface area contributed by atoms with Crippen LogP contribution in [0.5, 0.6) is 0 Å². The van der Waals surface area contributed by atoms with E-state index in [1.807, 2.05) is 48.5 Å². The van der Waals surface area contributed by atoms with E-state index in [9.17, 15) is 53.3 Å². The Bertz CT molecular complexity index is 2590. The second-order valence-corrected chi connectivity index (χ2v) is 22.0. The maximum absolute atomic E-state index is 12.6. The quantitative estimate of drug-likeness (QED) is 0.0131. The van der Waals surface area contributed by atoms with Gasteiger partial charge in [0.15, 0.2) is 5.71 Å². The van der Waals surface area contributed by atoms with Crippen LogP contribution < -0.4 is 10.2 Å². The van der Waals surface area contributed by atoms with Crippen molar-refractivity contribution in [2.24, 2.45) is 0 Å². The van der Waals surface area contributed by atoms with Gasteiger partial charge in [-0.05, 0) is 82.0 Å². The number of likely N-dealkylation sites (tertiary alicyclic amines) is 1. The number of hydrogen-bond donors (Lipinski definition) is 5. The molecule has 0 aromatic heterocycles. The normalized spacial score (nSPS) is 19.4. The standard InChI is InChI=1S/C42H54N4O15S4/c1-41(2)32-29-31(65(57,58)59)16-18-34(32)44(23-10-26-63(51,52)53)36(41)12-6-4-7-13-37-42(3,21-9-5-8-14-38(47)43-22-25-46-39(48)19-20-40(46)49)33-28-30(62-61-60-50)15-17-35(33)45(37)24-11-27-64(54,55)56/h4,6-7,12-13,15-18,28-29H,5,8-11,14,19-27H2,1-3H3,(H4-,43,47,50,51,52,53,54,55,56,57,58,59)/p+1. The molecule has 3 aliphatic heterocycles. The predicted octanol–water partition coefficient (Wildman–Crippen LogP) is 5.28. The molecule has 5 rings (SSSR count). The Morgan fingerprint density at radius 2 is 1.52 bits per heavy atom. The lowest BCUT2D eigenvalue weighted by Gasteiger charge is -2.30. The molecule has 65 heavy (non-hydrogen) atoms. The van der Waals surface area contributed by atoms with Crippen LogP contribution in [-0.4, -0.2) is 115 Å². The van der Waals surface area contributed by atoms with Gasteiger partial charge in [0.1, 0.15) is 6.54 Å². The molecule has 0 radical (unpaired) electrons. The van der Waals surface area contributed by atoms with E-state index >= 15 is 0 Å². The van der Waals surface area contributed by atoms with Gasteiger partial charge in [-0.15, -0.1) is 4.33 Å². The van der Waals surface area contributed by atoms with Gasteiger partial charge in [-0.25, -0.2) is 5.26 Å². The minimum Gasteiger partial charge on any atom is -0.354 e. The number of carbonyl (C=O) groups is 3. The summed E-state index contributed by atoms with van der Waals surface area (Å²) in [7, 11) is -13.1. The van der Waals surface area contributed by atoms with Crippen molar-refractivity contribution >= 4 is 77.2 Å². The highest BCUT2D eigenvalue weighted by Gasteiger charge is 2.45. The molecule has 3 aliphatic rings. The zero-order valence-electron chi connectivity index (χ0n) is 36.2. The SMILES string of the molecule is CC1(C)C(C=CC=CC=C2N(CCCS(=O)(=O)O)c3ccc(SOOO)cc3C2(C)CCCCCC(=O)NCCN2C(=O)CCC2=O)=[N+](CCCS(=O)(=O)O)c2ccc(S(=O)(=O)O)cc21. The molecule has 1 saturated heterocycles. The summed E-state index contributed by atoms with van der Waals surface area (Å²) in [5, 5.41) is 15.4. The molecule has 356 valence electrons. The van der Waals surface area contributed by atoms with Gasteiger partial charge in [0.05, 0.1) is 33.9 Å². The van der Waals surface area contributed by atoms with Gasteiger partial charge in [-0.3, -0.25) is 32.9 Å². The number of allylic oxidation sites excluding steroid dienone is 6. The summed E-state index contributed by atoms with van der Waals surface area (Å²) in [5.74, 6) is -1.68. The average molecular weight is 984 g/mol. The molecule has 0 spiro atoms. The van der Waals surface area contributed by atoms with E-state index in [0.717, 1.165) is 33.9 Å². The van der Waals surface area contributed by atoms with Gasteiger partial charge in [-0.1, -0.05) is 36.1 Å². The second kappa shape index (κ2) is 21.6. The number of nitrogens with one attached hydrogen (secondary N) is 1. The number of benzene rings is 2. The van der Waals surface area contributed by atoms with Crippen molar-refractivity contribution in [1.82, 2.24) is 10.2 Å². The number of anilines is 1. The lowest BCUT2D eigenvalue weighted by molar-refractivity contribution is -0.437. The van der Waals surface area contributed by atoms with Crippen LogP contribution >= 0.6 is 12.0 Å². The van der Waals surface area contributed by atoms with Crippen LogP contribution in [0, 0.1) is 0 Å². The van der Waals surface area contributed by atoms with Gasteiger partial charge in [0.2, 0.25) is 23.4 Å². The number of hydrogen-bond acceptors (Lipinski definition) is 14. The third-order valence-corrected chi connectivity index (χ3v) is 14.8. The van der Waals surface area contributed by atoms with Gasteiger partial charge in [0, 0.05) is 84.7 Å². The summed E-state index contributed by atoms with van der Waals surface area (Å²) in [6.07, 6.45) is 12.2. The smallest absolute Gasteiger partial charge is 0.294 e. The number of carbonyl (C=O) groups excluding carboxylic acids is 3. The van der Waals surface area contributed by atoms with E-state index in [0.29, 0.717) is 47.5 Å². The van der Waals surface area contributed by atoms with Gasteiger partial charge in [0.25, 0.3) is 30.4 Å². The first-order valence-electron chi connectivity index (χ1n) is 20.9. The molecular weight excluding hydrogens is 929 g/mol. The van der Waals surface area contributed by atoms with Crippen molar-refractivity contribution in [3.8, 4) is 0 Å². The number of nitrogens with zero attached hydrogens (tertiary/aromatic N) is 3. The van der Waals surface area contributed by atoms with Crippen molar-refractivity contribution < 1.29 is 72.5 Å². The Morgan fingerprint density at radius 3 is 2.18 bits per heavy atom. The maximum Gasteiger partial charge on any atom is 0.294 e. The minimum atomic E-state index is -4.53. The number of fused-ring (bicyclic) bond motifs is 2. The third-order valence-electron chi connectivity index (χ3n) is 11.7. The summed E-state index contributed by atoms with van der Waals surface area (Å²) in [5.41, 5.74) is 2.77. The summed E-state index contributed by atoms with van der Waals surface area (Å²) >= 11 is 0.779.